The van der Waals surface area contributed by atoms with Crippen LogP contribution in [0.25, 0.3) is 0 Å². The van der Waals surface area contributed by atoms with E-state index >= 15 is 0 Å². The van der Waals surface area contributed by atoms with Gasteiger partial charge < -0.3 is 16.2 Å². The number of carbonyl (C=O) groups is 2. The Morgan fingerprint density at radius 3 is 2.47 bits per heavy atom. The second-order valence-corrected chi connectivity index (χ2v) is 4.15. The van der Waals surface area contributed by atoms with Crippen molar-refractivity contribution in [3.8, 4) is 0 Å². The van der Waals surface area contributed by atoms with Crippen LogP contribution < -0.4 is 11.1 Å². The topological polar surface area (TPSA) is 118 Å². The van der Waals surface area contributed by atoms with Crippen LogP contribution in [0.1, 0.15) is 42.6 Å². The quantitative estimate of drug-likeness (QED) is 0.574. The van der Waals surface area contributed by atoms with Crippen molar-refractivity contribution in [2.24, 2.45) is 5.73 Å². The van der Waals surface area contributed by atoms with Crippen molar-refractivity contribution in [2.45, 2.75) is 32.1 Å². The molecule has 0 aromatic carbocycles. The summed E-state index contributed by atoms with van der Waals surface area (Å²) in [7, 11) is 0. The van der Waals surface area contributed by atoms with Crippen LogP contribution in [0, 0.1) is 0 Å². The summed E-state index contributed by atoms with van der Waals surface area (Å²) in [6, 6.07) is 3.17. The van der Waals surface area contributed by atoms with Crippen molar-refractivity contribution < 1.29 is 14.7 Å². The lowest BCUT2D eigenvalue weighted by Gasteiger charge is -2.04. The molecule has 19 heavy (non-hydrogen) atoms. The van der Waals surface area contributed by atoms with Gasteiger partial charge in [-0.3, -0.25) is 9.59 Å². The normalized spacial score (nSPS) is 10.1. The molecule has 0 unspecified atom stereocenters. The van der Waals surface area contributed by atoms with E-state index in [0.29, 0.717) is 12.2 Å². The van der Waals surface area contributed by atoms with Crippen LogP contribution >= 0.6 is 0 Å². The zero-order valence-corrected chi connectivity index (χ0v) is 10.6. The molecule has 0 aliphatic carbocycles. The van der Waals surface area contributed by atoms with Crippen molar-refractivity contribution >= 4 is 17.7 Å². The standard InChI is InChI=1S/C12H18N4O3/c13-12(19)9-6-7-10(16-15-9)14-8-4-2-1-3-5-11(17)18/h6-7H,1-5,8H2,(H2,13,19)(H,14,16)(H,17,18). The van der Waals surface area contributed by atoms with Gasteiger partial charge >= 0.3 is 5.97 Å². The van der Waals surface area contributed by atoms with Crippen LogP contribution in [-0.4, -0.2) is 33.7 Å². The van der Waals surface area contributed by atoms with Gasteiger partial charge in [0.1, 0.15) is 5.82 Å². The second-order valence-electron chi connectivity index (χ2n) is 4.15. The Kier molecular flexibility index (Phi) is 6.28. The minimum Gasteiger partial charge on any atom is -0.481 e. The number of hydrogen-bond acceptors (Lipinski definition) is 5. The third-order valence-corrected chi connectivity index (χ3v) is 2.54. The minimum absolute atomic E-state index is 0.138. The van der Waals surface area contributed by atoms with Gasteiger partial charge in [-0.1, -0.05) is 12.8 Å². The number of hydrogen-bond donors (Lipinski definition) is 3. The Morgan fingerprint density at radius 1 is 1.16 bits per heavy atom. The first-order valence-electron chi connectivity index (χ1n) is 6.19. The molecule has 0 radical (unpaired) electrons. The fourth-order valence-electron chi connectivity index (χ4n) is 1.53. The van der Waals surface area contributed by atoms with Crippen molar-refractivity contribution in [3.05, 3.63) is 17.8 Å². The molecule has 0 atom stereocenters. The molecule has 1 aromatic heterocycles. The molecule has 1 amide bonds. The Balaban J connectivity index is 2.12. The van der Waals surface area contributed by atoms with E-state index in [4.69, 9.17) is 10.8 Å². The highest BCUT2D eigenvalue weighted by molar-refractivity contribution is 5.90. The molecule has 1 rings (SSSR count). The van der Waals surface area contributed by atoms with E-state index in [1.165, 1.54) is 6.07 Å². The van der Waals surface area contributed by atoms with Crippen molar-refractivity contribution in [1.29, 1.82) is 0 Å². The molecule has 0 spiro atoms. The number of amides is 1. The van der Waals surface area contributed by atoms with Gasteiger partial charge in [0, 0.05) is 13.0 Å². The number of nitrogens with one attached hydrogen (secondary N) is 1. The molecule has 1 aromatic rings. The predicted octanol–water partition coefficient (Wildman–Crippen LogP) is 1.02. The van der Waals surface area contributed by atoms with E-state index in [0.717, 1.165) is 25.8 Å². The van der Waals surface area contributed by atoms with E-state index in [9.17, 15) is 9.59 Å². The van der Waals surface area contributed by atoms with Crippen molar-refractivity contribution in [1.82, 2.24) is 10.2 Å². The largest absolute Gasteiger partial charge is 0.481 e. The van der Waals surface area contributed by atoms with Gasteiger partial charge in [0.05, 0.1) is 0 Å². The molecule has 0 fully saturated rings. The number of aromatic nitrogens is 2. The highest BCUT2D eigenvalue weighted by Gasteiger charge is 2.02. The molecular weight excluding hydrogens is 248 g/mol. The molecule has 7 nitrogen and oxygen atoms in total. The summed E-state index contributed by atoms with van der Waals surface area (Å²) in [5.74, 6) is -0.754. The van der Waals surface area contributed by atoms with Gasteiger partial charge in [-0.05, 0) is 25.0 Å². The summed E-state index contributed by atoms with van der Waals surface area (Å²) in [4.78, 5) is 21.1. The van der Waals surface area contributed by atoms with Crippen LogP contribution in [0.5, 0.6) is 0 Å². The van der Waals surface area contributed by atoms with Gasteiger partial charge in [0.15, 0.2) is 5.69 Å². The summed E-state index contributed by atoms with van der Waals surface area (Å²) in [5, 5.41) is 19.0. The number of carbonyl (C=O) groups excluding carboxylic acids is 1. The Morgan fingerprint density at radius 2 is 1.89 bits per heavy atom. The predicted molar refractivity (Wildman–Crippen MR) is 69.8 cm³/mol. The summed E-state index contributed by atoms with van der Waals surface area (Å²) in [6.07, 6.45) is 3.74. The second kappa shape index (κ2) is 8.02. The first-order valence-corrected chi connectivity index (χ1v) is 6.19. The lowest BCUT2D eigenvalue weighted by Crippen LogP contribution is -2.14. The number of aliphatic carboxylic acids is 1. The number of anilines is 1. The Hall–Kier alpha value is -2.18. The van der Waals surface area contributed by atoms with E-state index < -0.39 is 11.9 Å². The first kappa shape index (κ1) is 14.9. The minimum atomic E-state index is -0.747. The number of carboxylic acids is 1. The zero-order valence-electron chi connectivity index (χ0n) is 10.6. The van der Waals surface area contributed by atoms with E-state index in [-0.39, 0.29) is 12.1 Å². The van der Waals surface area contributed by atoms with Crippen LogP contribution in [-0.2, 0) is 4.79 Å². The van der Waals surface area contributed by atoms with E-state index in [1.807, 2.05) is 0 Å². The zero-order chi connectivity index (χ0) is 14.1. The van der Waals surface area contributed by atoms with Crippen molar-refractivity contribution in [2.75, 3.05) is 11.9 Å². The van der Waals surface area contributed by atoms with E-state index in [1.54, 1.807) is 6.07 Å². The summed E-state index contributed by atoms with van der Waals surface area (Å²) in [6.45, 7) is 0.734. The molecule has 0 saturated carbocycles. The van der Waals surface area contributed by atoms with Crippen LogP contribution in [0.4, 0.5) is 5.82 Å². The van der Waals surface area contributed by atoms with Gasteiger partial charge in [0.2, 0.25) is 0 Å². The number of primary amides is 1. The fourth-order valence-corrected chi connectivity index (χ4v) is 1.53. The van der Waals surface area contributed by atoms with Gasteiger partial charge in [-0.2, -0.15) is 0 Å². The highest BCUT2D eigenvalue weighted by Crippen LogP contribution is 2.05. The molecule has 0 bridgehead atoms. The highest BCUT2D eigenvalue weighted by atomic mass is 16.4. The van der Waals surface area contributed by atoms with Gasteiger partial charge in [-0.25, -0.2) is 0 Å². The maximum absolute atomic E-state index is 10.8. The maximum Gasteiger partial charge on any atom is 0.303 e. The molecule has 104 valence electrons. The third kappa shape index (κ3) is 6.35. The Bertz CT molecular complexity index is 419. The van der Waals surface area contributed by atoms with Crippen LogP contribution in [0.3, 0.4) is 0 Å². The lowest BCUT2D eigenvalue weighted by atomic mass is 10.1. The average molecular weight is 266 g/mol. The molecular formula is C12H18N4O3. The first-order chi connectivity index (χ1) is 9.09. The summed E-state index contributed by atoms with van der Waals surface area (Å²) in [5.41, 5.74) is 5.19. The average Bonchev–Trinajstić information content (AvgIpc) is 2.38. The van der Waals surface area contributed by atoms with Crippen LogP contribution in [0.2, 0.25) is 0 Å². The molecule has 0 saturated heterocycles. The molecule has 0 aliphatic heterocycles. The molecule has 7 heteroatoms. The smallest absolute Gasteiger partial charge is 0.303 e. The molecule has 1 heterocycles. The van der Waals surface area contributed by atoms with Gasteiger partial charge in [0.25, 0.3) is 5.91 Å². The number of rotatable bonds is 9. The molecule has 0 aliphatic rings. The Labute approximate surface area is 111 Å². The SMILES string of the molecule is NC(=O)c1ccc(NCCCCCCC(=O)O)nn1. The monoisotopic (exact) mass is 266 g/mol. The van der Waals surface area contributed by atoms with Crippen LogP contribution in [0.15, 0.2) is 12.1 Å². The number of nitrogens with zero attached hydrogens (tertiary/aromatic N) is 2. The van der Waals surface area contributed by atoms with Gasteiger partial charge in [-0.15, -0.1) is 10.2 Å². The third-order valence-electron chi connectivity index (χ3n) is 2.54. The number of carboxylic acid groups (broad SMARTS) is 1. The maximum atomic E-state index is 10.8. The number of unbranched alkanes of at least 4 members (excludes halogenated alkanes) is 3. The molecule has 4 N–H and O–H groups in total. The fraction of sp³-hybridized carbons (Fsp3) is 0.500. The summed E-state index contributed by atoms with van der Waals surface area (Å²) >= 11 is 0. The lowest BCUT2D eigenvalue weighted by molar-refractivity contribution is -0.137. The van der Waals surface area contributed by atoms with Crippen molar-refractivity contribution in [3.63, 3.8) is 0 Å². The summed E-state index contributed by atoms with van der Waals surface area (Å²) < 4.78 is 0. The van der Waals surface area contributed by atoms with E-state index in [2.05, 4.69) is 15.5 Å². The number of nitrogens with two attached hydrogens (primary N) is 1.